The molecule has 0 saturated heterocycles. The average Bonchev–Trinajstić information content (AvgIpc) is 2.76. The molecule has 4 nitrogen and oxygen atoms in total. The summed E-state index contributed by atoms with van der Waals surface area (Å²) in [6.45, 7) is 5.16. The van der Waals surface area contributed by atoms with E-state index in [-0.39, 0.29) is 0 Å². The van der Waals surface area contributed by atoms with Gasteiger partial charge in [0.2, 0.25) is 0 Å². The van der Waals surface area contributed by atoms with E-state index < -0.39 is 11.4 Å². The number of ether oxygens (including phenoxy) is 1. The average molecular weight is 261 g/mol. The van der Waals surface area contributed by atoms with E-state index in [4.69, 9.17) is 10.5 Å². The van der Waals surface area contributed by atoms with Gasteiger partial charge in [-0.05, 0) is 60.9 Å². The van der Waals surface area contributed by atoms with Crippen LogP contribution in [0.2, 0.25) is 0 Å². The minimum Gasteiger partial charge on any atom is -0.481 e. The number of nitrogens with two attached hydrogens (primary N) is 1. The molecule has 102 valence electrons. The number of anilines is 1. The molecule has 0 spiro atoms. The zero-order valence-corrected chi connectivity index (χ0v) is 11.4. The smallest absolute Gasteiger partial charge is 0.310 e. The lowest BCUT2D eigenvalue weighted by Crippen LogP contribution is -2.28. The van der Waals surface area contributed by atoms with Crippen molar-refractivity contribution in [1.29, 1.82) is 0 Å². The molecule has 1 aliphatic carbocycles. The third-order valence-corrected chi connectivity index (χ3v) is 4.67. The van der Waals surface area contributed by atoms with Gasteiger partial charge in [-0.25, -0.2) is 0 Å². The Hall–Kier alpha value is -1.55. The summed E-state index contributed by atoms with van der Waals surface area (Å²) in [5.41, 5.74) is 12.1. The molecule has 0 fully saturated rings. The van der Waals surface area contributed by atoms with Crippen molar-refractivity contribution >= 4 is 11.7 Å². The van der Waals surface area contributed by atoms with E-state index in [1.165, 1.54) is 11.1 Å². The van der Waals surface area contributed by atoms with Crippen LogP contribution in [-0.2, 0) is 35.4 Å². The van der Waals surface area contributed by atoms with Gasteiger partial charge in [-0.15, -0.1) is 0 Å². The Morgan fingerprint density at radius 1 is 1.26 bits per heavy atom. The van der Waals surface area contributed by atoms with Crippen LogP contribution < -0.4 is 5.73 Å². The topological polar surface area (TPSA) is 72.5 Å². The van der Waals surface area contributed by atoms with Crippen LogP contribution in [0.4, 0.5) is 5.69 Å². The van der Waals surface area contributed by atoms with Crippen molar-refractivity contribution in [1.82, 2.24) is 0 Å². The van der Waals surface area contributed by atoms with Crippen LogP contribution in [0, 0.1) is 12.3 Å². The Morgan fingerprint density at radius 3 is 2.63 bits per heavy atom. The van der Waals surface area contributed by atoms with Gasteiger partial charge >= 0.3 is 5.97 Å². The molecule has 1 atom stereocenters. The molecule has 1 aromatic rings. The highest BCUT2D eigenvalue weighted by atomic mass is 16.5. The van der Waals surface area contributed by atoms with Crippen LogP contribution in [0.1, 0.15) is 34.7 Å². The Labute approximate surface area is 112 Å². The highest BCUT2D eigenvalue weighted by Crippen LogP contribution is 2.45. The molecule has 3 rings (SSSR count). The normalized spacial score (nSPS) is 24.9. The Morgan fingerprint density at radius 2 is 1.95 bits per heavy atom. The monoisotopic (exact) mass is 261 g/mol. The van der Waals surface area contributed by atoms with Gasteiger partial charge in [0.25, 0.3) is 0 Å². The van der Waals surface area contributed by atoms with E-state index in [1.54, 1.807) is 6.92 Å². The van der Waals surface area contributed by atoms with Gasteiger partial charge in [0.1, 0.15) is 0 Å². The third-order valence-electron chi connectivity index (χ3n) is 4.67. The second-order valence-corrected chi connectivity index (χ2v) is 5.97. The number of carbonyl (C=O) groups is 1. The molecular weight excluding hydrogens is 242 g/mol. The summed E-state index contributed by atoms with van der Waals surface area (Å²) in [6, 6.07) is 0. The van der Waals surface area contributed by atoms with Crippen molar-refractivity contribution in [2.45, 2.75) is 39.7 Å². The molecule has 0 bridgehead atoms. The standard InChI is InChI=1S/C15H19NO3/c1-8-9-3-4-19-7-12(9)10-5-15(2,14(17)18)6-11(10)13(8)16/h3-7,16H2,1-2H3,(H,17,18)/t15-/m0/s1. The summed E-state index contributed by atoms with van der Waals surface area (Å²) >= 11 is 0. The minimum absolute atomic E-state index is 0.525. The maximum Gasteiger partial charge on any atom is 0.310 e. The fourth-order valence-corrected chi connectivity index (χ4v) is 3.41. The zero-order chi connectivity index (χ0) is 13.8. The van der Waals surface area contributed by atoms with Gasteiger partial charge < -0.3 is 15.6 Å². The first-order valence-corrected chi connectivity index (χ1v) is 6.67. The van der Waals surface area contributed by atoms with Crippen molar-refractivity contribution in [3.8, 4) is 0 Å². The fourth-order valence-electron chi connectivity index (χ4n) is 3.41. The number of nitrogen functional groups attached to an aromatic ring is 1. The van der Waals surface area contributed by atoms with Gasteiger partial charge in [0.05, 0.1) is 18.6 Å². The summed E-state index contributed by atoms with van der Waals surface area (Å²) in [5.74, 6) is -0.744. The van der Waals surface area contributed by atoms with Crippen LogP contribution >= 0.6 is 0 Å². The van der Waals surface area contributed by atoms with Crippen molar-refractivity contribution in [3.63, 3.8) is 0 Å². The molecule has 4 heteroatoms. The van der Waals surface area contributed by atoms with E-state index in [2.05, 4.69) is 0 Å². The largest absolute Gasteiger partial charge is 0.481 e. The van der Waals surface area contributed by atoms with Gasteiger partial charge in [-0.3, -0.25) is 4.79 Å². The van der Waals surface area contributed by atoms with Crippen LogP contribution in [-0.4, -0.2) is 17.7 Å². The number of benzene rings is 1. The summed E-state index contributed by atoms with van der Waals surface area (Å²) in [6.07, 6.45) is 1.97. The van der Waals surface area contributed by atoms with Crippen molar-refractivity contribution in [2.75, 3.05) is 12.3 Å². The van der Waals surface area contributed by atoms with Gasteiger partial charge in [-0.2, -0.15) is 0 Å². The quantitative estimate of drug-likeness (QED) is 0.757. The number of hydrogen-bond donors (Lipinski definition) is 2. The van der Waals surface area contributed by atoms with Crippen LogP contribution in [0.3, 0.4) is 0 Å². The van der Waals surface area contributed by atoms with Crippen molar-refractivity contribution < 1.29 is 14.6 Å². The second kappa shape index (κ2) is 3.97. The van der Waals surface area contributed by atoms with E-state index >= 15 is 0 Å². The van der Waals surface area contributed by atoms with Crippen LogP contribution in [0.5, 0.6) is 0 Å². The SMILES string of the molecule is Cc1c(N)c2c(c3c1CCOC3)C[C@](C)(C(=O)O)C2. The molecule has 2 aliphatic rings. The first-order chi connectivity index (χ1) is 8.94. The molecule has 0 saturated carbocycles. The molecule has 19 heavy (non-hydrogen) atoms. The molecule has 0 radical (unpaired) electrons. The van der Waals surface area contributed by atoms with Gasteiger partial charge in [-0.1, -0.05) is 0 Å². The predicted molar refractivity (Wildman–Crippen MR) is 72.1 cm³/mol. The van der Waals surface area contributed by atoms with Gasteiger partial charge in [0, 0.05) is 5.69 Å². The maximum atomic E-state index is 11.5. The van der Waals surface area contributed by atoms with Crippen LogP contribution in [0.25, 0.3) is 0 Å². The number of fused-ring (bicyclic) bond motifs is 3. The third kappa shape index (κ3) is 1.66. The van der Waals surface area contributed by atoms with Crippen LogP contribution in [0.15, 0.2) is 0 Å². The number of carboxylic acid groups (broad SMARTS) is 1. The lowest BCUT2D eigenvalue weighted by molar-refractivity contribution is -0.147. The van der Waals surface area contributed by atoms with E-state index in [9.17, 15) is 9.90 Å². The minimum atomic E-state index is -0.744. The molecule has 0 unspecified atom stereocenters. The maximum absolute atomic E-state index is 11.5. The molecule has 0 amide bonds. The second-order valence-electron chi connectivity index (χ2n) is 5.97. The van der Waals surface area contributed by atoms with E-state index in [1.807, 2.05) is 6.92 Å². The fraction of sp³-hybridized carbons (Fsp3) is 0.533. The summed E-state index contributed by atoms with van der Waals surface area (Å²) in [7, 11) is 0. The van der Waals surface area contributed by atoms with Gasteiger partial charge in [0.15, 0.2) is 0 Å². The van der Waals surface area contributed by atoms with E-state index in [0.29, 0.717) is 19.4 Å². The number of aliphatic carboxylic acids is 1. The first-order valence-electron chi connectivity index (χ1n) is 6.67. The molecular formula is C15H19NO3. The zero-order valence-electron chi connectivity index (χ0n) is 11.4. The highest BCUT2D eigenvalue weighted by molar-refractivity contribution is 5.79. The first kappa shape index (κ1) is 12.5. The molecule has 1 aromatic carbocycles. The van der Waals surface area contributed by atoms with Crippen molar-refractivity contribution in [2.24, 2.45) is 5.41 Å². The molecule has 0 aromatic heterocycles. The summed E-state index contributed by atoms with van der Waals surface area (Å²) < 4.78 is 5.56. The summed E-state index contributed by atoms with van der Waals surface area (Å²) in [4.78, 5) is 11.5. The molecule has 3 N–H and O–H groups in total. The number of hydrogen-bond acceptors (Lipinski definition) is 3. The van der Waals surface area contributed by atoms with E-state index in [0.717, 1.165) is 35.4 Å². The highest BCUT2D eigenvalue weighted by Gasteiger charge is 2.42. The molecule has 1 aliphatic heterocycles. The lowest BCUT2D eigenvalue weighted by Gasteiger charge is -2.24. The Kier molecular flexibility index (Phi) is 2.61. The predicted octanol–water partition coefficient (Wildman–Crippen LogP) is 1.84. The number of carboxylic acids is 1. The number of rotatable bonds is 1. The van der Waals surface area contributed by atoms with Crippen molar-refractivity contribution in [3.05, 3.63) is 27.8 Å². The summed E-state index contributed by atoms with van der Waals surface area (Å²) in [5, 5.41) is 9.44. The Bertz CT molecular complexity index is 579. The molecule has 1 heterocycles. The Balaban J connectivity index is 2.19. The lowest BCUT2D eigenvalue weighted by atomic mass is 9.87.